The Balaban J connectivity index is 1.43. The van der Waals surface area contributed by atoms with Crippen molar-refractivity contribution in [3.05, 3.63) is 17.2 Å². The number of aromatic nitrogens is 3. The first-order chi connectivity index (χ1) is 13.6. The van der Waals surface area contributed by atoms with Gasteiger partial charge in [0, 0.05) is 12.7 Å². The highest BCUT2D eigenvalue weighted by Gasteiger charge is 2.45. The lowest BCUT2D eigenvalue weighted by Gasteiger charge is -2.31. The van der Waals surface area contributed by atoms with Crippen molar-refractivity contribution in [1.82, 2.24) is 19.9 Å². The van der Waals surface area contributed by atoms with Crippen LogP contribution in [0.1, 0.15) is 25.7 Å². The minimum atomic E-state index is -0.629. The zero-order chi connectivity index (χ0) is 19.1. The second-order valence-electron chi connectivity index (χ2n) is 7.97. The molecule has 3 fully saturated rings. The summed E-state index contributed by atoms with van der Waals surface area (Å²) in [5, 5.41) is 3.69. The minimum Gasteiger partial charge on any atom is -0.461 e. The summed E-state index contributed by atoms with van der Waals surface area (Å²) in [4.78, 5) is 15.3. The second-order valence-corrected chi connectivity index (χ2v) is 9.40. The Kier molecular flexibility index (Phi) is 4.97. The van der Waals surface area contributed by atoms with Gasteiger partial charge in [-0.25, -0.2) is 9.37 Å². The molecule has 0 aliphatic carbocycles. The van der Waals surface area contributed by atoms with Crippen molar-refractivity contribution < 1.29 is 9.13 Å². The van der Waals surface area contributed by atoms with Gasteiger partial charge in [0.05, 0.1) is 10.9 Å². The summed E-state index contributed by atoms with van der Waals surface area (Å²) in [6, 6.07) is 0.201. The molecule has 3 aliphatic rings. The fourth-order valence-corrected chi connectivity index (χ4v) is 5.46. The quantitative estimate of drug-likeness (QED) is 0.712. The number of nitrogens with zero attached hydrogens (tertiary/aromatic N) is 4. The molecule has 3 aliphatic heterocycles. The Morgan fingerprint density at radius 2 is 2.07 bits per heavy atom. The van der Waals surface area contributed by atoms with Crippen LogP contribution in [-0.2, 0) is 0 Å². The SMILES string of the molecule is Fc1c(Cl)ncc2c(NCC3CSC3)nc(OCC34CCCN3CCC4)nc12. The third-order valence-electron chi connectivity index (χ3n) is 6.17. The topological polar surface area (TPSA) is 63.2 Å². The minimum absolute atomic E-state index is 0.0868. The van der Waals surface area contributed by atoms with Gasteiger partial charge < -0.3 is 10.1 Å². The standard InChI is InChI=1S/C19H23ClFN5OS/c20-16-14(21)15-13(8-22-16)17(23-7-12-9-28-10-12)25-18(24-15)27-11-19-3-1-5-26(19)6-2-4-19/h8,12H,1-7,9-11H2,(H,23,24,25). The number of pyridine rings is 1. The van der Waals surface area contributed by atoms with Gasteiger partial charge in [0.2, 0.25) is 0 Å². The van der Waals surface area contributed by atoms with Gasteiger partial charge in [0.25, 0.3) is 0 Å². The van der Waals surface area contributed by atoms with E-state index in [9.17, 15) is 4.39 Å². The van der Waals surface area contributed by atoms with Crippen molar-refractivity contribution in [1.29, 1.82) is 0 Å². The van der Waals surface area contributed by atoms with E-state index in [1.165, 1.54) is 19.0 Å². The zero-order valence-corrected chi connectivity index (χ0v) is 17.2. The summed E-state index contributed by atoms with van der Waals surface area (Å²) in [6.45, 7) is 3.59. The van der Waals surface area contributed by atoms with Crippen LogP contribution in [-0.4, -0.2) is 63.1 Å². The first-order valence-electron chi connectivity index (χ1n) is 9.86. The molecule has 3 saturated heterocycles. The van der Waals surface area contributed by atoms with Crippen molar-refractivity contribution in [2.45, 2.75) is 31.2 Å². The molecule has 9 heteroatoms. The first-order valence-corrected chi connectivity index (χ1v) is 11.4. The molecular formula is C19H23ClFN5OS. The lowest BCUT2D eigenvalue weighted by molar-refractivity contribution is 0.108. The Morgan fingerprint density at radius 3 is 2.79 bits per heavy atom. The smallest absolute Gasteiger partial charge is 0.319 e. The van der Waals surface area contributed by atoms with Crippen LogP contribution in [0, 0.1) is 11.7 Å². The number of hydrogen-bond donors (Lipinski definition) is 1. The molecule has 0 spiro atoms. The fraction of sp³-hybridized carbons (Fsp3) is 0.632. The number of thioether (sulfide) groups is 1. The number of hydrogen-bond acceptors (Lipinski definition) is 7. The molecule has 0 saturated carbocycles. The van der Waals surface area contributed by atoms with E-state index < -0.39 is 5.82 Å². The third kappa shape index (κ3) is 3.29. The van der Waals surface area contributed by atoms with E-state index in [2.05, 4.69) is 25.2 Å². The van der Waals surface area contributed by atoms with Crippen LogP contribution in [0.15, 0.2) is 6.20 Å². The summed E-state index contributed by atoms with van der Waals surface area (Å²) >= 11 is 7.82. The number of rotatable bonds is 6. The molecule has 0 atom stereocenters. The van der Waals surface area contributed by atoms with Gasteiger partial charge in [-0.3, -0.25) is 4.90 Å². The molecule has 2 aromatic rings. The molecular weight excluding hydrogens is 401 g/mol. The first kappa shape index (κ1) is 18.6. The number of ether oxygens (including phenoxy) is 1. The van der Waals surface area contributed by atoms with E-state index in [4.69, 9.17) is 16.3 Å². The van der Waals surface area contributed by atoms with Gasteiger partial charge in [-0.05, 0) is 56.2 Å². The largest absolute Gasteiger partial charge is 0.461 e. The van der Waals surface area contributed by atoms with Crippen molar-refractivity contribution >= 4 is 40.1 Å². The van der Waals surface area contributed by atoms with Crippen LogP contribution in [0.2, 0.25) is 5.15 Å². The van der Waals surface area contributed by atoms with Crippen molar-refractivity contribution in [2.24, 2.45) is 5.92 Å². The average Bonchev–Trinajstić information content (AvgIpc) is 3.22. The molecule has 0 radical (unpaired) electrons. The van der Waals surface area contributed by atoms with Crippen LogP contribution in [0.3, 0.4) is 0 Å². The predicted molar refractivity (Wildman–Crippen MR) is 110 cm³/mol. The van der Waals surface area contributed by atoms with E-state index in [1.54, 1.807) is 0 Å². The lowest BCUT2D eigenvalue weighted by atomic mass is 9.95. The van der Waals surface area contributed by atoms with E-state index >= 15 is 0 Å². The van der Waals surface area contributed by atoms with Crippen LogP contribution in [0.25, 0.3) is 10.9 Å². The summed E-state index contributed by atoms with van der Waals surface area (Å²) in [7, 11) is 0. The fourth-order valence-electron chi connectivity index (χ4n) is 4.52. The molecule has 6 nitrogen and oxygen atoms in total. The van der Waals surface area contributed by atoms with Crippen molar-refractivity contribution in [3.63, 3.8) is 0 Å². The molecule has 1 N–H and O–H groups in total. The second kappa shape index (κ2) is 7.46. The molecule has 0 unspecified atom stereocenters. The Hall–Kier alpha value is -1.38. The Morgan fingerprint density at radius 1 is 1.29 bits per heavy atom. The van der Waals surface area contributed by atoms with Crippen LogP contribution in [0.5, 0.6) is 6.01 Å². The molecule has 150 valence electrons. The van der Waals surface area contributed by atoms with E-state index in [1.807, 2.05) is 11.8 Å². The highest BCUT2D eigenvalue weighted by molar-refractivity contribution is 8.00. The Bertz CT molecular complexity index is 886. The zero-order valence-electron chi connectivity index (χ0n) is 15.6. The monoisotopic (exact) mass is 423 g/mol. The average molecular weight is 424 g/mol. The summed E-state index contributed by atoms with van der Waals surface area (Å²) in [6.07, 6.45) is 6.19. The molecule has 0 bridgehead atoms. The highest BCUT2D eigenvalue weighted by Crippen LogP contribution is 2.39. The summed E-state index contributed by atoms with van der Waals surface area (Å²) < 4.78 is 20.7. The van der Waals surface area contributed by atoms with Gasteiger partial charge in [0.1, 0.15) is 17.9 Å². The molecule has 2 aromatic heterocycles. The lowest BCUT2D eigenvalue weighted by Crippen LogP contribution is -2.43. The summed E-state index contributed by atoms with van der Waals surface area (Å²) in [5.74, 6) is 2.81. The molecule has 0 amide bonds. The summed E-state index contributed by atoms with van der Waals surface area (Å²) in [5.41, 5.74) is 0.242. The van der Waals surface area contributed by atoms with E-state index in [0.717, 1.165) is 44.0 Å². The maximum atomic E-state index is 14.6. The van der Waals surface area contributed by atoms with E-state index in [0.29, 0.717) is 23.7 Å². The highest BCUT2D eigenvalue weighted by atomic mass is 35.5. The van der Waals surface area contributed by atoms with Crippen molar-refractivity contribution in [3.8, 4) is 6.01 Å². The van der Waals surface area contributed by atoms with Gasteiger partial charge in [-0.2, -0.15) is 21.7 Å². The van der Waals surface area contributed by atoms with E-state index in [-0.39, 0.29) is 22.2 Å². The van der Waals surface area contributed by atoms with Crippen LogP contribution in [0.4, 0.5) is 10.2 Å². The third-order valence-corrected chi connectivity index (χ3v) is 7.85. The molecule has 5 rings (SSSR count). The number of nitrogens with one attached hydrogen (secondary N) is 1. The normalized spacial score (nSPS) is 21.6. The molecule has 28 heavy (non-hydrogen) atoms. The number of anilines is 1. The molecule has 5 heterocycles. The van der Waals surface area contributed by atoms with Gasteiger partial charge in [-0.1, -0.05) is 11.6 Å². The van der Waals surface area contributed by atoms with Gasteiger partial charge in [0.15, 0.2) is 11.0 Å². The van der Waals surface area contributed by atoms with Crippen molar-refractivity contribution in [2.75, 3.05) is 43.1 Å². The van der Waals surface area contributed by atoms with Crippen LogP contribution >= 0.6 is 23.4 Å². The van der Waals surface area contributed by atoms with Gasteiger partial charge >= 0.3 is 6.01 Å². The predicted octanol–water partition coefficient (Wildman–Crippen LogP) is 3.60. The number of halogens is 2. The Labute approximate surface area is 172 Å². The maximum absolute atomic E-state index is 14.6. The van der Waals surface area contributed by atoms with Gasteiger partial charge in [-0.15, -0.1) is 0 Å². The maximum Gasteiger partial charge on any atom is 0.319 e. The van der Waals surface area contributed by atoms with Crippen LogP contribution < -0.4 is 10.1 Å². The number of fused-ring (bicyclic) bond motifs is 2. The molecule has 0 aromatic carbocycles.